The molecule has 0 aliphatic heterocycles. The molecule has 0 saturated carbocycles. The third-order valence-corrected chi connectivity index (χ3v) is 4.68. The van der Waals surface area contributed by atoms with E-state index >= 15 is 0 Å². The first-order valence-corrected chi connectivity index (χ1v) is 8.94. The molecular weight excluding hydrogens is 375 g/mol. The highest BCUT2D eigenvalue weighted by atomic mass is 19.4. The second kappa shape index (κ2) is 8.04. The van der Waals surface area contributed by atoms with E-state index in [0.717, 1.165) is 17.5 Å². The molecule has 1 N–H and O–H groups in total. The lowest BCUT2D eigenvalue weighted by Gasteiger charge is -2.11. The maximum Gasteiger partial charge on any atom is 0.435 e. The molecule has 0 spiro atoms. The van der Waals surface area contributed by atoms with Crippen LogP contribution in [0.25, 0.3) is 0 Å². The van der Waals surface area contributed by atoms with E-state index in [1.54, 1.807) is 12.1 Å². The Morgan fingerprint density at radius 3 is 2.61 bits per heavy atom. The SMILES string of the molecule is COC(=O)c1ccccc1NC(=O)Cn1nc(C(F)(F)F)c2c1CCCCC2. The van der Waals surface area contributed by atoms with E-state index in [4.69, 9.17) is 0 Å². The average molecular weight is 395 g/mol. The van der Waals surface area contributed by atoms with E-state index < -0.39 is 23.7 Å². The minimum atomic E-state index is -4.56. The van der Waals surface area contributed by atoms with Crippen LogP contribution < -0.4 is 5.32 Å². The summed E-state index contributed by atoms with van der Waals surface area (Å²) in [4.78, 5) is 24.3. The number of halogens is 3. The number of nitrogens with zero attached hydrogens (tertiary/aromatic N) is 2. The van der Waals surface area contributed by atoms with E-state index in [2.05, 4.69) is 15.2 Å². The van der Waals surface area contributed by atoms with Crippen molar-refractivity contribution in [3.05, 3.63) is 46.8 Å². The Balaban J connectivity index is 1.86. The first-order chi connectivity index (χ1) is 13.3. The summed E-state index contributed by atoms with van der Waals surface area (Å²) in [5, 5.41) is 6.26. The molecule has 1 aromatic carbocycles. The van der Waals surface area contributed by atoms with E-state index in [1.165, 1.54) is 19.2 Å². The molecule has 1 amide bonds. The van der Waals surface area contributed by atoms with Crippen molar-refractivity contribution in [1.82, 2.24) is 9.78 Å². The van der Waals surface area contributed by atoms with Gasteiger partial charge in [-0.05, 0) is 37.8 Å². The van der Waals surface area contributed by atoms with E-state index in [-0.39, 0.29) is 23.4 Å². The number of benzene rings is 1. The van der Waals surface area contributed by atoms with Crippen molar-refractivity contribution in [2.75, 3.05) is 12.4 Å². The van der Waals surface area contributed by atoms with Crippen molar-refractivity contribution in [3.63, 3.8) is 0 Å². The molecule has 150 valence electrons. The number of methoxy groups -OCH3 is 1. The highest BCUT2D eigenvalue weighted by Crippen LogP contribution is 2.35. The van der Waals surface area contributed by atoms with Gasteiger partial charge in [-0.3, -0.25) is 9.48 Å². The van der Waals surface area contributed by atoms with Crippen molar-refractivity contribution < 1.29 is 27.5 Å². The molecule has 0 radical (unpaired) electrons. The lowest BCUT2D eigenvalue weighted by atomic mass is 10.1. The topological polar surface area (TPSA) is 73.2 Å². The molecule has 2 aromatic rings. The van der Waals surface area contributed by atoms with Crippen molar-refractivity contribution >= 4 is 17.6 Å². The fraction of sp³-hybridized carbons (Fsp3) is 0.421. The number of nitrogens with one attached hydrogen (secondary N) is 1. The van der Waals surface area contributed by atoms with Crippen LogP contribution in [-0.4, -0.2) is 28.8 Å². The molecule has 0 fully saturated rings. The Kier molecular flexibility index (Phi) is 5.71. The Morgan fingerprint density at radius 2 is 1.89 bits per heavy atom. The predicted molar refractivity (Wildman–Crippen MR) is 94.9 cm³/mol. The zero-order chi connectivity index (χ0) is 20.3. The lowest BCUT2D eigenvalue weighted by molar-refractivity contribution is -0.142. The quantitative estimate of drug-likeness (QED) is 0.634. The lowest BCUT2D eigenvalue weighted by Crippen LogP contribution is -2.22. The third-order valence-electron chi connectivity index (χ3n) is 4.68. The molecule has 1 aromatic heterocycles. The van der Waals surface area contributed by atoms with Gasteiger partial charge in [-0.15, -0.1) is 0 Å². The molecule has 0 atom stereocenters. The van der Waals surface area contributed by atoms with Crippen LogP contribution in [0.4, 0.5) is 18.9 Å². The van der Waals surface area contributed by atoms with Crippen LogP contribution in [0, 0.1) is 0 Å². The highest BCUT2D eigenvalue weighted by Gasteiger charge is 2.39. The van der Waals surface area contributed by atoms with Gasteiger partial charge < -0.3 is 10.1 Å². The third kappa shape index (κ3) is 4.18. The predicted octanol–water partition coefficient (Wildman–Crippen LogP) is 3.60. The number of hydrogen-bond acceptors (Lipinski definition) is 4. The Bertz CT molecular complexity index is 890. The van der Waals surface area contributed by atoms with Gasteiger partial charge in [-0.2, -0.15) is 18.3 Å². The van der Waals surface area contributed by atoms with E-state index in [9.17, 15) is 22.8 Å². The van der Waals surface area contributed by atoms with Crippen LogP contribution in [0.5, 0.6) is 0 Å². The summed E-state index contributed by atoms with van der Waals surface area (Å²) in [7, 11) is 1.22. The second-order valence-corrected chi connectivity index (χ2v) is 6.58. The number of fused-ring (bicyclic) bond motifs is 1. The molecule has 1 aliphatic carbocycles. The van der Waals surface area contributed by atoms with Crippen molar-refractivity contribution in [2.24, 2.45) is 0 Å². The number of carbonyl (C=O) groups excluding carboxylic acids is 2. The van der Waals surface area contributed by atoms with Crippen LogP contribution in [0.3, 0.4) is 0 Å². The van der Waals surface area contributed by atoms with Crippen LogP contribution in [-0.2, 0) is 35.1 Å². The van der Waals surface area contributed by atoms with Gasteiger partial charge in [0.05, 0.1) is 18.4 Å². The highest BCUT2D eigenvalue weighted by molar-refractivity contribution is 6.01. The molecule has 0 unspecified atom stereocenters. The number of alkyl halides is 3. The Labute approximate surface area is 159 Å². The van der Waals surface area contributed by atoms with E-state index in [1.807, 2.05) is 0 Å². The number of carbonyl (C=O) groups is 2. The molecular formula is C19H20F3N3O3. The van der Waals surface area contributed by atoms with Gasteiger partial charge in [0.25, 0.3) is 0 Å². The largest absolute Gasteiger partial charge is 0.465 e. The monoisotopic (exact) mass is 395 g/mol. The molecule has 6 nitrogen and oxygen atoms in total. The molecule has 0 saturated heterocycles. The minimum Gasteiger partial charge on any atom is -0.465 e. The maximum atomic E-state index is 13.4. The zero-order valence-electron chi connectivity index (χ0n) is 15.3. The van der Waals surface area contributed by atoms with Gasteiger partial charge in [-0.1, -0.05) is 18.6 Å². The number of ether oxygens (including phenoxy) is 1. The maximum absolute atomic E-state index is 13.4. The van der Waals surface area contributed by atoms with Crippen LogP contribution in [0.15, 0.2) is 24.3 Å². The number of aromatic nitrogens is 2. The summed E-state index contributed by atoms with van der Waals surface area (Å²) < 4.78 is 45.9. The fourth-order valence-electron chi connectivity index (χ4n) is 3.41. The van der Waals surface area contributed by atoms with Gasteiger partial charge in [0.1, 0.15) is 6.54 Å². The smallest absolute Gasteiger partial charge is 0.435 e. The Morgan fingerprint density at radius 1 is 1.18 bits per heavy atom. The second-order valence-electron chi connectivity index (χ2n) is 6.58. The van der Waals surface area contributed by atoms with Crippen LogP contribution in [0.1, 0.15) is 46.6 Å². The minimum absolute atomic E-state index is 0.161. The van der Waals surface area contributed by atoms with E-state index in [0.29, 0.717) is 25.0 Å². The van der Waals surface area contributed by atoms with Gasteiger partial charge >= 0.3 is 12.1 Å². The first-order valence-electron chi connectivity index (χ1n) is 8.94. The average Bonchev–Trinajstić information content (AvgIpc) is 2.83. The molecule has 9 heteroatoms. The summed E-state index contributed by atoms with van der Waals surface area (Å²) in [5.41, 5.74) is 0.128. The van der Waals surface area contributed by atoms with Crippen LogP contribution in [0.2, 0.25) is 0 Å². The summed E-state index contributed by atoms with van der Waals surface area (Å²) in [5.74, 6) is -1.19. The van der Waals surface area contributed by atoms with Gasteiger partial charge in [-0.25, -0.2) is 4.79 Å². The van der Waals surface area contributed by atoms with Crippen LogP contribution >= 0.6 is 0 Å². The standard InChI is InChI=1S/C19H20F3N3O3/c1-28-18(27)12-7-5-6-9-14(12)23-16(26)11-25-15-10-4-2-3-8-13(15)17(24-25)19(20,21)22/h5-7,9H,2-4,8,10-11H2,1H3,(H,23,26). The number of esters is 1. The first kappa shape index (κ1) is 19.9. The normalized spacial score (nSPS) is 14.1. The summed E-state index contributed by atoms with van der Waals surface area (Å²) in [6.07, 6.45) is -1.55. The summed E-state index contributed by atoms with van der Waals surface area (Å²) >= 11 is 0. The molecule has 28 heavy (non-hydrogen) atoms. The number of para-hydroxylation sites is 1. The van der Waals surface area contributed by atoms with Gasteiger partial charge in [0.2, 0.25) is 5.91 Å². The van der Waals surface area contributed by atoms with Crippen molar-refractivity contribution in [3.8, 4) is 0 Å². The number of hydrogen-bond donors (Lipinski definition) is 1. The zero-order valence-corrected chi connectivity index (χ0v) is 15.3. The number of rotatable bonds is 4. The summed E-state index contributed by atoms with van der Waals surface area (Å²) in [6, 6.07) is 6.26. The van der Waals surface area contributed by atoms with Gasteiger partial charge in [0, 0.05) is 11.3 Å². The Hall–Kier alpha value is -2.84. The molecule has 0 bridgehead atoms. The number of amides is 1. The van der Waals surface area contributed by atoms with Gasteiger partial charge in [0.15, 0.2) is 5.69 Å². The van der Waals surface area contributed by atoms with Crippen molar-refractivity contribution in [1.29, 1.82) is 0 Å². The van der Waals surface area contributed by atoms with Crippen molar-refractivity contribution in [2.45, 2.75) is 44.8 Å². The molecule has 1 heterocycles. The molecule has 3 rings (SSSR count). The number of anilines is 1. The fourth-order valence-corrected chi connectivity index (χ4v) is 3.41. The molecule has 1 aliphatic rings. The summed E-state index contributed by atoms with van der Waals surface area (Å²) in [6.45, 7) is -0.367.